The Kier molecular flexibility index (Phi) is 4.46. The Balaban J connectivity index is 2.06. The monoisotopic (exact) mass is 188 g/mol. The molecule has 0 heterocycles. The van der Waals surface area contributed by atoms with E-state index < -0.39 is 0 Å². The minimum absolute atomic E-state index is 1.00. The van der Waals surface area contributed by atoms with E-state index in [-0.39, 0.29) is 0 Å². The Morgan fingerprint density at radius 3 is 2.64 bits per heavy atom. The summed E-state index contributed by atoms with van der Waals surface area (Å²) in [7, 11) is 0. The summed E-state index contributed by atoms with van der Waals surface area (Å²) in [6, 6.07) is 0. The van der Waals surface area contributed by atoms with Crippen LogP contribution in [0.5, 0.6) is 0 Å². The molecule has 1 rings (SSSR count). The fourth-order valence-corrected chi connectivity index (χ4v) is 2.16. The number of thioether (sulfide) groups is 1. The van der Waals surface area contributed by atoms with Crippen molar-refractivity contribution in [3.05, 3.63) is 0 Å². The van der Waals surface area contributed by atoms with Crippen molar-refractivity contribution < 1.29 is 0 Å². The van der Waals surface area contributed by atoms with Crippen LogP contribution < -0.4 is 0 Å². The van der Waals surface area contributed by atoms with Gasteiger partial charge in [-0.05, 0) is 25.0 Å². The summed E-state index contributed by atoms with van der Waals surface area (Å²) in [6.45, 7) is 0. The second-order valence-electron chi connectivity index (χ2n) is 3.27. The zero-order valence-corrected chi connectivity index (χ0v) is 8.77. The normalized spacial score (nSPS) is 19.0. The Morgan fingerprint density at radius 2 is 2.09 bits per heavy atom. The minimum Gasteiger partial charge on any atom is -0.122 e. The molecule has 0 atom stereocenters. The van der Waals surface area contributed by atoms with Crippen LogP contribution in [0.3, 0.4) is 0 Å². The zero-order chi connectivity index (χ0) is 8.10. The third kappa shape index (κ3) is 3.57. The Bertz CT molecular complexity index is 126. The predicted octanol–water partition coefficient (Wildman–Crippen LogP) is 3.65. The average molecular weight is 188 g/mol. The molecule has 64 valence electrons. The van der Waals surface area contributed by atoms with E-state index in [1.54, 1.807) is 11.8 Å². The molecule has 0 spiro atoms. The van der Waals surface area contributed by atoms with E-state index in [4.69, 9.17) is 12.2 Å². The highest BCUT2D eigenvalue weighted by Gasteiger charge is 2.14. The Hall–Kier alpha value is 0.440. The summed E-state index contributed by atoms with van der Waals surface area (Å²) in [5.74, 6) is 1.00. The van der Waals surface area contributed by atoms with Crippen LogP contribution >= 0.6 is 24.0 Å². The molecule has 0 aromatic carbocycles. The third-order valence-electron chi connectivity index (χ3n) is 2.46. The summed E-state index contributed by atoms with van der Waals surface area (Å²) in [5.41, 5.74) is 0. The van der Waals surface area contributed by atoms with E-state index in [1.165, 1.54) is 42.7 Å². The summed E-state index contributed by atoms with van der Waals surface area (Å²) in [6.07, 6.45) is 10.4. The second kappa shape index (κ2) is 5.15. The van der Waals surface area contributed by atoms with E-state index in [2.05, 4.69) is 6.26 Å². The first-order chi connectivity index (χ1) is 5.33. The molecule has 0 aromatic heterocycles. The van der Waals surface area contributed by atoms with Gasteiger partial charge in [-0.1, -0.05) is 37.9 Å². The maximum Gasteiger partial charge on any atom is 0.0475 e. The van der Waals surface area contributed by atoms with E-state index in [0.717, 1.165) is 5.92 Å². The molecule has 0 bridgehead atoms. The van der Waals surface area contributed by atoms with E-state index in [1.807, 2.05) is 0 Å². The van der Waals surface area contributed by atoms with Gasteiger partial charge < -0.3 is 0 Å². The molecule has 0 radical (unpaired) electrons. The van der Waals surface area contributed by atoms with Gasteiger partial charge in [-0.2, -0.15) is 0 Å². The standard InChI is InChI=1S/C9H16S2/c1-11-9(10)7-6-8-4-2-3-5-8/h8H,2-7H2,1H3. The molecular weight excluding hydrogens is 172 g/mol. The highest BCUT2D eigenvalue weighted by atomic mass is 32.2. The number of thiocarbonyl (C=S) groups is 1. The lowest BCUT2D eigenvalue weighted by molar-refractivity contribution is 0.517. The molecule has 1 saturated carbocycles. The molecule has 0 nitrogen and oxygen atoms in total. The molecule has 0 saturated heterocycles. The molecule has 1 aliphatic carbocycles. The van der Waals surface area contributed by atoms with Crippen molar-refractivity contribution in [2.45, 2.75) is 38.5 Å². The first-order valence-electron chi connectivity index (χ1n) is 4.39. The van der Waals surface area contributed by atoms with Crippen LogP contribution in [0.25, 0.3) is 0 Å². The lowest BCUT2D eigenvalue weighted by Crippen LogP contribution is -1.96. The number of hydrogen-bond acceptors (Lipinski definition) is 2. The van der Waals surface area contributed by atoms with Crippen LogP contribution in [-0.2, 0) is 0 Å². The van der Waals surface area contributed by atoms with Crippen LogP contribution in [-0.4, -0.2) is 10.5 Å². The molecule has 0 amide bonds. The minimum atomic E-state index is 1.00. The Labute approximate surface area is 79.1 Å². The average Bonchev–Trinajstić information content (AvgIpc) is 2.52. The highest BCUT2D eigenvalue weighted by Crippen LogP contribution is 2.29. The molecule has 1 aliphatic rings. The lowest BCUT2D eigenvalue weighted by atomic mass is 10.0. The fourth-order valence-electron chi connectivity index (χ4n) is 1.72. The number of rotatable bonds is 3. The molecule has 2 heteroatoms. The van der Waals surface area contributed by atoms with Crippen LogP contribution in [0.15, 0.2) is 0 Å². The molecule has 1 fully saturated rings. The van der Waals surface area contributed by atoms with E-state index in [9.17, 15) is 0 Å². The van der Waals surface area contributed by atoms with Gasteiger partial charge in [0.15, 0.2) is 0 Å². The molecule has 0 N–H and O–H groups in total. The molecule has 0 aromatic rings. The van der Waals surface area contributed by atoms with Crippen molar-refractivity contribution >= 4 is 28.2 Å². The molecule has 0 unspecified atom stereocenters. The number of hydrogen-bond donors (Lipinski definition) is 0. The third-order valence-corrected chi connectivity index (χ3v) is 3.82. The SMILES string of the molecule is CSC(=S)CCC1CCCC1. The highest BCUT2D eigenvalue weighted by molar-refractivity contribution is 8.22. The van der Waals surface area contributed by atoms with E-state index in [0.29, 0.717) is 0 Å². The topological polar surface area (TPSA) is 0 Å². The summed E-state index contributed by atoms with van der Waals surface area (Å²) < 4.78 is 1.19. The van der Waals surface area contributed by atoms with Gasteiger partial charge in [-0.3, -0.25) is 0 Å². The van der Waals surface area contributed by atoms with Crippen molar-refractivity contribution in [1.29, 1.82) is 0 Å². The maximum absolute atomic E-state index is 5.15. The van der Waals surface area contributed by atoms with Gasteiger partial charge in [-0.15, -0.1) is 11.8 Å². The van der Waals surface area contributed by atoms with Crippen molar-refractivity contribution in [3.63, 3.8) is 0 Å². The Morgan fingerprint density at radius 1 is 1.45 bits per heavy atom. The first kappa shape index (κ1) is 9.53. The summed E-state index contributed by atoms with van der Waals surface area (Å²) in [5, 5.41) is 0. The maximum atomic E-state index is 5.15. The van der Waals surface area contributed by atoms with Gasteiger partial charge >= 0.3 is 0 Å². The van der Waals surface area contributed by atoms with Gasteiger partial charge in [0.1, 0.15) is 0 Å². The van der Waals surface area contributed by atoms with Crippen molar-refractivity contribution in [3.8, 4) is 0 Å². The van der Waals surface area contributed by atoms with Gasteiger partial charge in [-0.25, -0.2) is 0 Å². The van der Waals surface area contributed by atoms with Crippen LogP contribution in [0.1, 0.15) is 38.5 Å². The largest absolute Gasteiger partial charge is 0.122 e. The van der Waals surface area contributed by atoms with Crippen LogP contribution in [0.4, 0.5) is 0 Å². The first-order valence-corrected chi connectivity index (χ1v) is 6.03. The lowest BCUT2D eigenvalue weighted by Gasteiger charge is -2.07. The molecule has 11 heavy (non-hydrogen) atoms. The second-order valence-corrected chi connectivity index (χ2v) is 4.92. The van der Waals surface area contributed by atoms with E-state index >= 15 is 0 Å². The summed E-state index contributed by atoms with van der Waals surface area (Å²) >= 11 is 6.89. The van der Waals surface area contributed by atoms with Crippen molar-refractivity contribution in [1.82, 2.24) is 0 Å². The van der Waals surface area contributed by atoms with Crippen molar-refractivity contribution in [2.24, 2.45) is 5.92 Å². The van der Waals surface area contributed by atoms with Gasteiger partial charge in [0, 0.05) is 4.20 Å². The molecule has 0 aliphatic heterocycles. The van der Waals surface area contributed by atoms with Gasteiger partial charge in [0.05, 0.1) is 0 Å². The van der Waals surface area contributed by atoms with Crippen LogP contribution in [0.2, 0.25) is 0 Å². The van der Waals surface area contributed by atoms with Crippen LogP contribution in [0, 0.1) is 5.92 Å². The molecular formula is C9H16S2. The van der Waals surface area contributed by atoms with Gasteiger partial charge in [0.25, 0.3) is 0 Å². The predicted molar refractivity (Wildman–Crippen MR) is 57.3 cm³/mol. The van der Waals surface area contributed by atoms with Gasteiger partial charge in [0.2, 0.25) is 0 Å². The smallest absolute Gasteiger partial charge is 0.0475 e. The zero-order valence-electron chi connectivity index (χ0n) is 7.14. The summed E-state index contributed by atoms with van der Waals surface area (Å²) in [4.78, 5) is 0. The fraction of sp³-hybridized carbons (Fsp3) is 0.889. The quantitative estimate of drug-likeness (QED) is 0.620. The van der Waals surface area contributed by atoms with Crippen molar-refractivity contribution in [2.75, 3.05) is 6.26 Å².